The van der Waals surface area contributed by atoms with Crippen molar-refractivity contribution in [3.05, 3.63) is 39.1 Å². The first-order valence-corrected chi connectivity index (χ1v) is 7.90. The van der Waals surface area contributed by atoms with Crippen LogP contribution in [-0.4, -0.2) is 12.0 Å². The van der Waals surface area contributed by atoms with Gasteiger partial charge in [0.1, 0.15) is 10.8 Å². The molecule has 2 aromatic rings. The molecule has 0 atom stereocenters. The van der Waals surface area contributed by atoms with Crippen molar-refractivity contribution in [1.29, 1.82) is 0 Å². The fourth-order valence-electron chi connectivity index (χ4n) is 2.14. The van der Waals surface area contributed by atoms with Crippen molar-refractivity contribution in [2.24, 2.45) is 0 Å². The van der Waals surface area contributed by atoms with Gasteiger partial charge >= 0.3 is 0 Å². The molecule has 1 aliphatic rings. The Balaban J connectivity index is 2.07. The highest BCUT2D eigenvalue weighted by Crippen LogP contribution is 2.45. The SMILES string of the molecule is CNCc1sc(-c2c(F)cccc2Br)nc1C1CC1. The van der Waals surface area contributed by atoms with Crippen LogP contribution in [0.3, 0.4) is 0 Å². The van der Waals surface area contributed by atoms with Crippen molar-refractivity contribution in [2.75, 3.05) is 7.05 Å². The van der Waals surface area contributed by atoms with Crippen LogP contribution >= 0.6 is 27.3 Å². The van der Waals surface area contributed by atoms with Crippen molar-refractivity contribution < 1.29 is 4.39 Å². The number of rotatable bonds is 4. The van der Waals surface area contributed by atoms with Gasteiger partial charge in [0.05, 0.1) is 11.3 Å². The second kappa shape index (κ2) is 5.31. The quantitative estimate of drug-likeness (QED) is 0.896. The highest BCUT2D eigenvalue weighted by atomic mass is 79.9. The molecule has 1 aliphatic carbocycles. The van der Waals surface area contributed by atoms with E-state index in [9.17, 15) is 4.39 Å². The van der Waals surface area contributed by atoms with Gasteiger partial charge in [-0.25, -0.2) is 9.37 Å². The van der Waals surface area contributed by atoms with Crippen LogP contribution in [0.2, 0.25) is 0 Å². The predicted molar refractivity (Wildman–Crippen MR) is 79.9 cm³/mol. The second-order valence-corrected chi connectivity index (χ2v) is 6.67. The standard InChI is InChI=1S/C14H14BrFN2S/c1-17-7-11-13(8-5-6-8)18-14(19-11)12-9(15)3-2-4-10(12)16/h2-4,8,17H,5-7H2,1H3. The molecule has 0 aliphatic heterocycles. The van der Waals surface area contributed by atoms with Gasteiger partial charge in [-0.05, 0) is 48.0 Å². The monoisotopic (exact) mass is 340 g/mol. The molecule has 1 N–H and O–H groups in total. The number of halogens is 2. The molecule has 3 rings (SSSR count). The summed E-state index contributed by atoms with van der Waals surface area (Å²) in [6, 6.07) is 5.04. The fourth-order valence-corrected chi connectivity index (χ4v) is 4.02. The Morgan fingerprint density at radius 2 is 2.26 bits per heavy atom. The number of benzene rings is 1. The summed E-state index contributed by atoms with van der Waals surface area (Å²) in [6.45, 7) is 0.801. The van der Waals surface area contributed by atoms with Gasteiger partial charge in [-0.1, -0.05) is 6.07 Å². The Bertz CT molecular complexity index is 587. The summed E-state index contributed by atoms with van der Waals surface area (Å²) < 4.78 is 14.8. The van der Waals surface area contributed by atoms with Crippen LogP contribution in [0.4, 0.5) is 4.39 Å². The summed E-state index contributed by atoms with van der Waals surface area (Å²) in [5.74, 6) is 0.361. The maximum atomic E-state index is 14.0. The number of nitrogens with one attached hydrogen (secondary N) is 1. The van der Waals surface area contributed by atoms with E-state index in [4.69, 9.17) is 4.98 Å². The molecule has 100 valence electrons. The number of nitrogens with zero attached hydrogens (tertiary/aromatic N) is 1. The van der Waals surface area contributed by atoms with E-state index in [1.807, 2.05) is 13.1 Å². The number of hydrogen-bond acceptors (Lipinski definition) is 3. The zero-order chi connectivity index (χ0) is 13.4. The summed E-state index contributed by atoms with van der Waals surface area (Å²) in [4.78, 5) is 5.92. The summed E-state index contributed by atoms with van der Waals surface area (Å²) in [7, 11) is 1.93. The largest absolute Gasteiger partial charge is 0.315 e. The maximum absolute atomic E-state index is 14.0. The third kappa shape index (κ3) is 2.59. The highest BCUT2D eigenvalue weighted by Gasteiger charge is 2.30. The second-order valence-electron chi connectivity index (χ2n) is 4.73. The zero-order valence-electron chi connectivity index (χ0n) is 10.5. The molecule has 1 aromatic carbocycles. The highest BCUT2D eigenvalue weighted by molar-refractivity contribution is 9.10. The third-order valence-electron chi connectivity index (χ3n) is 3.21. The first kappa shape index (κ1) is 13.2. The molecule has 5 heteroatoms. The van der Waals surface area contributed by atoms with E-state index in [2.05, 4.69) is 21.2 Å². The van der Waals surface area contributed by atoms with Gasteiger partial charge < -0.3 is 5.32 Å². The lowest BCUT2D eigenvalue weighted by atomic mass is 10.2. The smallest absolute Gasteiger partial charge is 0.134 e. The maximum Gasteiger partial charge on any atom is 0.134 e. The van der Waals surface area contributed by atoms with Crippen molar-refractivity contribution in [3.8, 4) is 10.6 Å². The molecule has 0 saturated heterocycles. The Kier molecular flexibility index (Phi) is 3.69. The van der Waals surface area contributed by atoms with Crippen LogP contribution in [0.5, 0.6) is 0 Å². The Morgan fingerprint density at radius 3 is 2.89 bits per heavy atom. The zero-order valence-corrected chi connectivity index (χ0v) is 12.9. The molecule has 1 fully saturated rings. The average Bonchev–Trinajstić information content (AvgIpc) is 3.13. The van der Waals surface area contributed by atoms with Crippen LogP contribution in [-0.2, 0) is 6.54 Å². The van der Waals surface area contributed by atoms with Crippen molar-refractivity contribution in [1.82, 2.24) is 10.3 Å². The summed E-state index contributed by atoms with van der Waals surface area (Å²) in [6.07, 6.45) is 2.41. The van der Waals surface area contributed by atoms with Gasteiger partial charge in [-0.15, -0.1) is 11.3 Å². The van der Waals surface area contributed by atoms with E-state index in [1.54, 1.807) is 17.4 Å². The molecule has 0 bridgehead atoms. The first-order chi connectivity index (χ1) is 9.20. The molecule has 0 spiro atoms. The van der Waals surface area contributed by atoms with Gasteiger partial charge in [-0.2, -0.15) is 0 Å². The number of thiazole rings is 1. The normalized spacial score (nSPS) is 14.9. The summed E-state index contributed by atoms with van der Waals surface area (Å²) in [5, 5.41) is 3.94. The Morgan fingerprint density at radius 1 is 1.47 bits per heavy atom. The van der Waals surface area contributed by atoms with Gasteiger partial charge in [0.15, 0.2) is 0 Å². The van der Waals surface area contributed by atoms with E-state index < -0.39 is 0 Å². The first-order valence-electron chi connectivity index (χ1n) is 6.29. The lowest BCUT2D eigenvalue weighted by Crippen LogP contribution is -2.05. The van der Waals surface area contributed by atoms with Crippen LogP contribution in [0.1, 0.15) is 29.3 Å². The summed E-state index contributed by atoms with van der Waals surface area (Å²) in [5.41, 5.74) is 1.74. The van der Waals surface area contributed by atoms with Gasteiger partial charge in [-0.3, -0.25) is 0 Å². The van der Waals surface area contributed by atoms with E-state index >= 15 is 0 Å². The Labute approximate surface area is 124 Å². The third-order valence-corrected chi connectivity index (χ3v) is 4.96. The molecular weight excluding hydrogens is 327 g/mol. The van der Waals surface area contributed by atoms with E-state index in [1.165, 1.54) is 23.8 Å². The molecule has 1 aromatic heterocycles. The molecule has 19 heavy (non-hydrogen) atoms. The van der Waals surface area contributed by atoms with Gasteiger partial charge in [0.25, 0.3) is 0 Å². The lowest BCUT2D eigenvalue weighted by molar-refractivity contribution is 0.630. The predicted octanol–water partition coefficient (Wildman–Crippen LogP) is 4.31. The van der Waals surface area contributed by atoms with Gasteiger partial charge in [0, 0.05) is 21.8 Å². The minimum absolute atomic E-state index is 0.221. The van der Waals surface area contributed by atoms with Crippen LogP contribution in [0.25, 0.3) is 10.6 Å². The van der Waals surface area contributed by atoms with E-state index in [-0.39, 0.29) is 5.82 Å². The lowest BCUT2D eigenvalue weighted by Gasteiger charge is -2.01. The van der Waals surface area contributed by atoms with Crippen molar-refractivity contribution in [3.63, 3.8) is 0 Å². The number of hydrogen-bond donors (Lipinski definition) is 1. The molecule has 2 nitrogen and oxygen atoms in total. The molecule has 0 radical (unpaired) electrons. The van der Waals surface area contributed by atoms with Gasteiger partial charge in [0.2, 0.25) is 0 Å². The molecule has 0 amide bonds. The summed E-state index contributed by atoms with van der Waals surface area (Å²) >= 11 is 5.01. The minimum atomic E-state index is -0.221. The van der Waals surface area contributed by atoms with Crippen LogP contribution in [0, 0.1) is 5.82 Å². The van der Waals surface area contributed by atoms with Crippen LogP contribution in [0.15, 0.2) is 22.7 Å². The molecular formula is C14H14BrFN2S. The number of aromatic nitrogens is 1. The topological polar surface area (TPSA) is 24.9 Å². The van der Waals surface area contributed by atoms with E-state index in [0.717, 1.165) is 21.7 Å². The minimum Gasteiger partial charge on any atom is -0.315 e. The Hall–Kier alpha value is -0.780. The van der Waals surface area contributed by atoms with Crippen molar-refractivity contribution >= 4 is 27.3 Å². The van der Waals surface area contributed by atoms with Crippen molar-refractivity contribution in [2.45, 2.75) is 25.3 Å². The fraction of sp³-hybridized carbons (Fsp3) is 0.357. The molecule has 1 heterocycles. The molecule has 0 unspecified atom stereocenters. The average molecular weight is 341 g/mol. The molecule has 1 saturated carbocycles. The van der Waals surface area contributed by atoms with Crippen LogP contribution < -0.4 is 5.32 Å². The van der Waals surface area contributed by atoms with E-state index in [0.29, 0.717) is 11.5 Å².